The second-order valence-corrected chi connectivity index (χ2v) is 5.13. The third-order valence-corrected chi connectivity index (χ3v) is 3.61. The van der Waals surface area contributed by atoms with Gasteiger partial charge in [0, 0.05) is 36.9 Å². The molecular weight excluding hydrogens is 295 g/mol. The minimum absolute atomic E-state index is 0.120. The standard InChI is InChI=1S/C14H18F3N5/c1-2-9(7-18)12-11(14(15,16)17)8-20-13(22-12)21-10-3-5-19-6-4-10/h2,7-8,10,18-19H,3-6H2,1H3,(H,20,21,22)/p+1/b9-2+,18-7?. The van der Waals surface area contributed by atoms with E-state index in [4.69, 9.17) is 5.41 Å². The van der Waals surface area contributed by atoms with E-state index in [2.05, 4.69) is 20.6 Å². The van der Waals surface area contributed by atoms with E-state index in [1.54, 1.807) is 6.92 Å². The number of halogens is 3. The van der Waals surface area contributed by atoms with Crippen molar-refractivity contribution in [2.24, 2.45) is 0 Å². The van der Waals surface area contributed by atoms with Crippen molar-refractivity contribution in [2.45, 2.75) is 32.0 Å². The Labute approximate surface area is 126 Å². The number of nitrogens with zero attached hydrogens (tertiary/aromatic N) is 2. The van der Waals surface area contributed by atoms with Gasteiger partial charge in [-0.2, -0.15) is 13.2 Å². The molecule has 0 bridgehead atoms. The number of hydrogen-bond acceptors (Lipinski definition) is 4. The van der Waals surface area contributed by atoms with Crippen LogP contribution in [0.1, 0.15) is 31.0 Å². The van der Waals surface area contributed by atoms with Crippen molar-refractivity contribution in [3.63, 3.8) is 0 Å². The zero-order valence-electron chi connectivity index (χ0n) is 12.2. The van der Waals surface area contributed by atoms with Gasteiger partial charge in [0.1, 0.15) is 5.56 Å². The highest BCUT2D eigenvalue weighted by molar-refractivity contribution is 6.08. The number of hydrogen-bond donors (Lipinski definition) is 3. The molecule has 0 atom stereocenters. The molecule has 0 aliphatic carbocycles. The Morgan fingerprint density at radius 3 is 2.64 bits per heavy atom. The quantitative estimate of drug-likeness (QED) is 0.740. The Kier molecular flexibility index (Phi) is 5.12. The van der Waals surface area contributed by atoms with Crippen LogP contribution in [0.2, 0.25) is 0 Å². The van der Waals surface area contributed by atoms with Crippen molar-refractivity contribution in [3.8, 4) is 0 Å². The van der Waals surface area contributed by atoms with Crippen LogP contribution in [-0.2, 0) is 6.18 Å². The lowest BCUT2D eigenvalue weighted by atomic mass is 10.1. The smallest absolute Gasteiger partial charge is 0.351 e. The van der Waals surface area contributed by atoms with Crippen LogP contribution in [0.3, 0.4) is 0 Å². The van der Waals surface area contributed by atoms with Crippen LogP contribution in [0.5, 0.6) is 0 Å². The highest BCUT2D eigenvalue weighted by Gasteiger charge is 2.35. The fraction of sp³-hybridized carbons (Fsp3) is 0.500. The predicted octanol–water partition coefficient (Wildman–Crippen LogP) is 1.69. The minimum Gasteiger partial charge on any atom is -0.351 e. The third-order valence-electron chi connectivity index (χ3n) is 3.61. The molecule has 1 aliphatic rings. The number of aromatic nitrogens is 2. The first kappa shape index (κ1) is 16.4. The van der Waals surface area contributed by atoms with Crippen LogP contribution >= 0.6 is 0 Å². The molecule has 0 spiro atoms. The highest BCUT2D eigenvalue weighted by atomic mass is 19.4. The molecule has 0 saturated carbocycles. The first-order valence-corrected chi connectivity index (χ1v) is 7.15. The molecule has 2 rings (SSSR count). The summed E-state index contributed by atoms with van der Waals surface area (Å²) in [4.78, 5) is 7.80. The fourth-order valence-corrected chi connectivity index (χ4v) is 2.42. The summed E-state index contributed by atoms with van der Waals surface area (Å²) in [6.45, 7) is 3.53. The van der Waals surface area contributed by atoms with Crippen LogP contribution in [0.15, 0.2) is 12.3 Å². The van der Waals surface area contributed by atoms with E-state index in [1.165, 1.54) is 6.08 Å². The van der Waals surface area contributed by atoms with Crippen molar-refractivity contribution in [1.82, 2.24) is 9.97 Å². The highest BCUT2D eigenvalue weighted by Crippen LogP contribution is 2.33. The second kappa shape index (κ2) is 6.87. The number of nitrogens with two attached hydrogens (primary N) is 1. The molecule has 0 unspecified atom stereocenters. The van der Waals surface area contributed by atoms with Gasteiger partial charge in [0.25, 0.3) is 0 Å². The number of alkyl halides is 3. The molecule has 0 radical (unpaired) electrons. The molecule has 0 amide bonds. The van der Waals surface area contributed by atoms with E-state index in [1.807, 2.05) is 0 Å². The maximum absolute atomic E-state index is 13.1. The molecule has 22 heavy (non-hydrogen) atoms. The lowest BCUT2D eigenvalue weighted by molar-refractivity contribution is -0.662. The maximum Gasteiger partial charge on any atom is 0.419 e. The Hall–Kier alpha value is -1.96. The van der Waals surface area contributed by atoms with E-state index in [0.29, 0.717) is 0 Å². The molecule has 5 nitrogen and oxygen atoms in total. The fourth-order valence-electron chi connectivity index (χ4n) is 2.42. The number of allylic oxidation sites excluding steroid dienone is 2. The molecule has 1 fully saturated rings. The first-order valence-electron chi connectivity index (χ1n) is 7.15. The average molecular weight is 314 g/mol. The molecule has 2 heterocycles. The van der Waals surface area contributed by atoms with Crippen molar-refractivity contribution < 1.29 is 18.5 Å². The van der Waals surface area contributed by atoms with Crippen LogP contribution in [0, 0.1) is 5.41 Å². The van der Waals surface area contributed by atoms with Gasteiger partial charge in [-0.15, -0.1) is 0 Å². The zero-order chi connectivity index (χ0) is 16.2. The van der Waals surface area contributed by atoms with Crippen LogP contribution < -0.4 is 10.6 Å². The largest absolute Gasteiger partial charge is 0.419 e. The van der Waals surface area contributed by atoms with Gasteiger partial charge in [-0.3, -0.25) is 0 Å². The van der Waals surface area contributed by atoms with Gasteiger partial charge in [-0.25, -0.2) is 9.97 Å². The van der Waals surface area contributed by atoms with E-state index < -0.39 is 11.7 Å². The molecule has 1 aromatic rings. The summed E-state index contributed by atoms with van der Waals surface area (Å²) in [7, 11) is 0. The van der Waals surface area contributed by atoms with E-state index in [9.17, 15) is 13.2 Å². The van der Waals surface area contributed by atoms with Gasteiger partial charge in [-0.05, 0) is 6.92 Å². The third kappa shape index (κ3) is 3.82. The van der Waals surface area contributed by atoms with Crippen molar-refractivity contribution in [1.29, 1.82) is 5.41 Å². The van der Waals surface area contributed by atoms with Gasteiger partial charge in [0.15, 0.2) is 0 Å². The summed E-state index contributed by atoms with van der Waals surface area (Å²) in [5.74, 6) is 0.177. The van der Waals surface area contributed by atoms with Crippen LogP contribution in [0.4, 0.5) is 19.1 Å². The normalized spacial score (nSPS) is 17.4. The monoisotopic (exact) mass is 314 g/mol. The summed E-state index contributed by atoms with van der Waals surface area (Å²) in [5.41, 5.74) is -1.06. The van der Waals surface area contributed by atoms with Crippen molar-refractivity contribution in [2.75, 3.05) is 18.4 Å². The molecule has 4 N–H and O–H groups in total. The van der Waals surface area contributed by atoms with Crippen LogP contribution in [0.25, 0.3) is 5.57 Å². The summed E-state index contributed by atoms with van der Waals surface area (Å²) in [5, 5.41) is 12.6. The van der Waals surface area contributed by atoms with Gasteiger partial charge in [0.05, 0.1) is 18.8 Å². The lowest BCUT2D eigenvalue weighted by Gasteiger charge is -2.22. The number of rotatable bonds is 4. The maximum atomic E-state index is 13.1. The number of anilines is 1. The second-order valence-electron chi connectivity index (χ2n) is 5.13. The van der Waals surface area contributed by atoms with Crippen molar-refractivity contribution in [3.05, 3.63) is 23.5 Å². The molecule has 8 heteroatoms. The summed E-state index contributed by atoms with van der Waals surface area (Å²) >= 11 is 0. The summed E-state index contributed by atoms with van der Waals surface area (Å²) < 4.78 is 39.2. The van der Waals surface area contributed by atoms with Gasteiger partial charge >= 0.3 is 6.18 Å². The molecule has 0 aromatic carbocycles. The molecule has 1 aromatic heterocycles. The van der Waals surface area contributed by atoms with Crippen molar-refractivity contribution >= 4 is 17.7 Å². The Morgan fingerprint density at radius 2 is 2.09 bits per heavy atom. The van der Waals surface area contributed by atoms with Gasteiger partial charge in [-0.1, -0.05) is 6.08 Å². The number of quaternary nitrogens is 1. The number of nitrogens with one attached hydrogen (secondary N) is 2. The van der Waals surface area contributed by atoms with Gasteiger partial charge in [0.2, 0.25) is 5.95 Å². The zero-order valence-corrected chi connectivity index (χ0v) is 12.2. The van der Waals surface area contributed by atoms with E-state index in [-0.39, 0.29) is 23.3 Å². The van der Waals surface area contributed by atoms with E-state index in [0.717, 1.165) is 38.3 Å². The molecular formula is C14H19F3N5+. The average Bonchev–Trinajstić information content (AvgIpc) is 2.48. The topological polar surface area (TPSA) is 78.3 Å². The predicted molar refractivity (Wildman–Crippen MR) is 77.8 cm³/mol. The van der Waals surface area contributed by atoms with E-state index >= 15 is 0 Å². The molecule has 1 aliphatic heterocycles. The Balaban J connectivity index is 2.34. The lowest BCUT2D eigenvalue weighted by Crippen LogP contribution is -2.87. The first-order chi connectivity index (χ1) is 10.5. The number of piperidine rings is 1. The van der Waals surface area contributed by atoms with Gasteiger partial charge < -0.3 is 16.0 Å². The Bertz CT molecular complexity index is 562. The van der Waals surface area contributed by atoms with Crippen LogP contribution in [-0.4, -0.2) is 35.3 Å². The molecule has 120 valence electrons. The summed E-state index contributed by atoms with van der Waals surface area (Å²) in [6.07, 6.45) is 0.375. The SMILES string of the molecule is C/C=C(\C=N)c1nc(NC2CC[NH2+]CC2)ncc1C(F)(F)F. The molecule has 1 saturated heterocycles. The minimum atomic E-state index is -4.55. The Morgan fingerprint density at radius 1 is 1.41 bits per heavy atom. The summed E-state index contributed by atoms with van der Waals surface area (Å²) in [6, 6.07) is 0.170.